The van der Waals surface area contributed by atoms with Gasteiger partial charge in [-0.2, -0.15) is 0 Å². The van der Waals surface area contributed by atoms with Gasteiger partial charge >= 0.3 is 5.97 Å². The molecule has 2 aromatic heterocycles. The summed E-state index contributed by atoms with van der Waals surface area (Å²) in [6.45, 7) is 9.36. The van der Waals surface area contributed by atoms with Crippen molar-refractivity contribution in [1.29, 1.82) is 0 Å². The molecule has 0 aliphatic rings. The summed E-state index contributed by atoms with van der Waals surface area (Å²) in [7, 11) is 0. The Balaban J connectivity index is 2.17. The van der Waals surface area contributed by atoms with Crippen molar-refractivity contribution in [3.8, 4) is 17.3 Å². The van der Waals surface area contributed by atoms with Crippen molar-refractivity contribution >= 4 is 12.2 Å². The maximum absolute atomic E-state index is 11.5. The molecule has 0 atom stereocenters. The molecule has 7 nitrogen and oxygen atoms in total. The van der Waals surface area contributed by atoms with Crippen LogP contribution in [0.15, 0.2) is 24.5 Å². The number of aromatic nitrogens is 4. The molecule has 0 saturated heterocycles. The summed E-state index contributed by atoms with van der Waals surface area (Å²) in [5, 5.41) is 4.32. The fourth-order valence-corrected chi connectivity index (χ4v) is 1.96. The Kier molecular flexibility index (Phi) is 5.68. The highest BCUT2D eigenvalue weighted by Crippen LogP contribution is 2.21. The number of pyridine rings is 1. The van der Waals surface area contributed by atoms with Crippen LogP contribution in [0.5, 0.6) is 5.88 Å². The lowest BCUT2D eigenvalue weighted by Crippen LogP contribution is -2.08. The van der Waals surface area contributed by atoms with Gasteiger partial charge in [0.05, 0.1) is 12.2 Å². The Bertz CT molecular complexity index is 735. The first-order valence-electron chi connectivity index (χ1n) is 7.79. The van der Waals surface area contributed by atoms with Crippen molar-refractivity contribution in [2.24, 2.45) is 0 Å². The number of carbonyl (C=O) groups is 1. The number of hydrogen-bond acceptors (Lipinski definition) is 6. The first kappa shape index (κ1) is 17.7. The third kappa shape index (κ3) is 5.19. The van der Waals surface area contributed by atoms with Crippen LogP contribution < -0.4 is 4.74 Å². The molecule has 0 aromatic carbocycles. The predicted molar refractivity (Wildman–Crippen MR) is 90.3 cm³/mol. The smallest absolute Gasteiger partial charge is 0.332 e. The van der Waals surface area contributed by atoms with Crippen LogP contribution in [-0.2, 0) is 9.53 Å². The van der Waals surface area contributed by atoms with Crippen LogP contribution in [0.2, 0.25) is 0 Å². The monoisotopic (exact) mass is 330 g/mol. The molecule has 0 amide bonds. The maximum Gasteiger partial charge on any atom is 0.332 e. The highest BCUT2D eigenvalue weighted by atomic mass is 16.5. The van der Waals surface area contributed by atoms with Crippen molar-refractivity contribution in [2.75, 3.05) is 0 Å². The highest BCUT2D eigenvalue weighted by molar-refractivity contribution is 5.85. The van der Waals surface area contributed by atoms with Gasteiger partial charge in [-0.25, -0.2) is 19.4 Å². The predicted octanol–water partition coefficient (Wildman–Crippen LogP) is 2.86. The average molecular weight is 330 g/mol. The molecule has 24 heavy (non-hydrogen) atoms. The summed E-state index contributed by atoms with van der Waals surface area (Å²) in [5.74, 6) is 0.637. The average Bonchev–Trinajstić information content (AvgIpc) is 2.92. The quantitative estimate of drug-likeness (QED) is 0.598. The first-order valence-corrected chi connectivity index (χ1v) is 7.79. The lowest BCUT2D eigenvalue weighted by Gasteiger charge is -2.10. The van der Waals surface area contributed by atoms with Crippen molar-refractivity contribution in [1.82, 2.24) is 19.7 Å². The minimum Gasteiger partial charge on any atom is -0.475 e. The maximum atomic E-state index is 11.5. The minimum atomic E-state index is -0.422. The summed E-state index contributed by atoms with van der Waals surface area (Å²) >= 11 is 0. The summed E-state index contributed by atoms with van der Waals surface area (Å²) in [4.78, 5) is 20.1. The van der Waals surface area contributed by atoms with Gasteiger partial charge in [-0.1, -0.05) is 0 Å². The molecule has 0 fully saturated rings. The molecule has 128 valence electrons. The van der Waals surface area contributed by atoms with Crippen LogP contribution in [0.25, 0.3) is 17.6 Å². The standard InChI is InChI=1S/C17H22N4O3/c1-11(2)23-15-9-14(8-13(5)19-15)17-18-10-21(20-17)7-6-16(22)24-12(3)4/h6-12H,1-5H3/b7-6-. The molecule has 2 heterocycles. The Labute approximate surface area is 141 Å². The van der Waals surface area contributed by atoms with Crippen LogP contribution in [0, 0.1) is 6.92 Å². The largest absolute Gasteiger partial charge is 0.475 e. The van der Waals surface area contributed by atoms with E-state index in [0.29, 0.717) is 11.7 Å². The summed E-state index contributed by atoms with van der Waals surface area (Å²) < 4.78 is 12.1. The van der Waals surface area contributed by atoms with Crippen LogP contribution in [0.4, 0.5) is 0 Å². The molecule has 0 saturated carbocycles. The van der Waals surface area contributed by atoms with Gasteiger partial charge in [0.1, 0.15) is 6.33 Å². The molecule has 0 unspecified atom stereocenters. The van der Waals surface area contributed by atoms with Gasteiger partial charge in [0.2, 0.25) is 5.88 Å². The van der Waals surface area contributed by atoms with Gasteiger partial charge in [-0.05, 0) is 40.7 Å². The molecule has 0 bridgehead atoms. The molecular formula is C17H22N4O3. The summed E-state index contributed by atoms with van der Waals surface area (Å²) in [5.41, 5.74) is 1.62. The molecule has 0 aliphatic heterocycles. The zero-order valence-electron chi connectivity index (χ0n) is 14.6. The van der Waals surface area contributed by atoms with E-state index < -0.39 is 5.97 Å². The van der Waals surface area contributed by atoms with E-state index in [0.717, 1.165) is 11.3 Å². The molecular weight excluding hydrogens is 308 g/mol. The number of esters is 1. The van der Waals surface area contributed by atoms with E-state index in [2.05, 4.69) is 15.1 Å². The Morgan fingerprint density at radius 3 is 2.62 bits per heavy atom. The van der Waals surface area contributed by atoms with E-state index >= 15 is 0 Å². The second-order valence-corrected chi connectivity index (χ2v) is 5.85. The molecule has 2 rings (SSSR count). The third-order valence-electron chi connectivity index (χ3n) is 2.77. The second kappa shape index (κ2) is 7.72. The second-order valence-electron chi connectivity index (χ2n) is 5.85. The molecule has 0 radical (unpaired) electrons. The Morgan fingerprint density at radius 2 is 1.96 bits per heavy atom. The van der Waals surface area contributed by atoms with E-state index in [1.54, 1.807) is 19.9 Å². The van der Waals surface area contributed by atoms with E-state index in [-0.39, 0.29) is 12.2 Å². The number of nitrogens with zero attached hydrogens (tertiary/aromatic N) is 4. The first-order chi connectivity index (χ1) is 11.3. The fourth-order valence-electron chi connectivity index (χ4n) is 1.96. The van der Waals surface area contributed by atoms with Gasteiger partial charge in [0.15, 0.2) is 5.82 Å². The highest BCUT2D eigenvalue weighted by Gasteiger charge is 2.09. The lowest BCUT2D eigenvalue weighted by molar-refractivity contribution is -0.141. The van der Waals surface area contributed by atoms with E-state index in [1.807, 2.05) is 26.8 Å². The number of rotatable bonds is 6. The fraction of sp³-hybridized carbons (Fsp3) is 0.412. The number of ether oxygens (including phenoxy) is 2. The summed E-state index contributed by atoms with van der Waals surface area (Å²) in [6, 6.07) is 3.67. The van der Waals surface area contributed by atoms with E-state index in [9.17, 15) is 4.79 Å². The number of aryl methyl sites for hydroxylation is 1. The normalized spacial score (nSPS) is 11.5. The van der Waals surface area contributed by atoms with Gasteiger partial charge in [0, 0.05) is 29.6 Å². The van der Waals surface area contributed by atoms with Crippen LogP contribution in [0.3, 0.4) is 0 Å². The summed E-state index contributed by atoms with van der Waals surface area (Å²) in [6.07, 6.45) is 4.21. The van der Waals surface area contributed by atoms with Gasteiger partial charge < -0.3 is 9.47 Å². The number of hydrogen-bond donors (Lipinski definition) is 0. The van der Waals surface area contributed by atoms with Crippen molar-refractivity contribution in [3.05, 3.63) is 30.2 Å². The molecule has 0 spiro atoms. The number of carbonyl (C=O) groups excluding carboxylic acids is 1. The zero-order chi connectivity index (χ0) is 17.7. The molecule has 7 heteroatoms. The van der Waals surface area contributed by atoms with Gasteiger partial charge in [-0.3, -0.25) is 0 Å². The van der Waals surface area contributed by atoms with Crippen molar-refractivity contribution in [3.63, 3.8) is 0 Å². The Morgan fingerprint density at radius 1 is 1.21 bits per heavy atom. The van der Waals surface area contributed by atoms with E-state index in [4.69, 9.17) is 9.47 Å². The SMILES string of the molecule is Cc1cc(-c2ncn(/C=C\C(=O)OC(C)C)n2)cc(OC(C)C)n1. The van der Waals surface area contributed by atoms with E-state index in [1.165, 1.54) is 23.3 Å². The minimum absolute atomic E-state index is 0.0348. The topological polar surface area (TPSA) is 79.1 Å². The van der Waals surface area contributed by atoms with Crippen molar-refractivity contribution in [2.45, 2.75) is 46.8 Å². The third-order valence-corrected chi connectivity index (χ3v) is 2.77. The van der Waals surface area contributed by atoms with Crippen LogP contribution in [-0.4, -0.2) is 37.9 Å². The van der Waals surface area contributed by atoms with Crippen molar-refractivity contribution < 1.29 is 14.3 Å². The van der Waals surface area contributed by atoms with Crippen LogP contribution >= 0.6 is 0 Å². The van der Waals surface area contributed by atoms with Gasteiger partial charge in [-0.15, -0.1) is 5.10 Å². The van der Waals surface area contributed by atoms with Crippen LogP contribution in [0.1, 0.15) is 33.4 Å². The molecule has 2 aromatic rings. The zero-order valence-corrected chi connectivity index (χ0v) is 14.6. The lowest BCUT2D eigenvalue weighted by atomic mass is 10.2. The Hall–Kier alpha value is -2.70. The molecule has 0 aliphatic carbocycles. The molecule has 0 N–H and O–H groups in total. The van der Waals surface area contributed by atoms with Gasteiger partial charge in [0.25, 0.3) is 0 Å².